The van der Waals surface area contributed by atoms with Crippen LogP contribution in [0.1, 0.15) is 23.0 Å². The smallest absolute Gasteiger partial charge is 0.354 e. The zero-order valence-corrected chi connectivity index (χ0v) is 11.2. The van der Waals surface area contributed by atoms with E-state index >= 15 is 0 Å². The number of aromatic carboxylic acids is 1. The Morgan fingerprint density at radius 2 is 2.05 bits per heavy atom. The Labute approximate surface area is 120 Å². The van der Waals surface area contributed by atoms with E-state index in [1.165, 1.54) is 0 Å². The molecule has 0 bridgehead atoms. The molecule has 0 aliphatic carbocycles. The number of pyridine rings is 1. The number of carbonyl (C=O) groups is 1. The minimum atomic E-state index is -1.24. The zero-order chi connectivity index (χ0) is 15.4. The summed E-state index contributed by atoms with van der Waals surface area (Å²) in [5.41, 5.74) is 1.09. The number of nitrogens with zero attached hydrogens (tertiary/aromatic N) is 2. The van der Waals surface area contributed by atoms with E-state index in [4.69, 9.17) is 5.11 Å². The van der Waals surface area contributed by atoms with Crippen LogP contribution in [0.2, 0.25) is 0 Å². The lowest BCUT2D eigenvalue weighted by Crippen LogP contribution is -2.06. The van der Waals surface area contributed by atoms with E-state index in [-0.39, 0.29) is 17.2 Å². The summed E-state index contributed by atoms with van der Waals surface area (Å²) in [6, 6.07) is 9.53. The highest BCUT2D eigenvalue weighted by molar-refractivity contribution is 5.87. The molecule has 1 aromatic carbocycles. The molecular weight excluding hydrogens is 274 g/mol. The average molecular weight is 287 g/mol. The number of para-hydroxylation sites is 1. The third kappa shape index (κ3) is 3.14. The third-order valence-electron chi connectivity index (χ3n) is 2.94. The summed E-state index contributed by atoms with van der Waals surface area (Å²) in [6.07, 6.45) is 0.732. The number of benzene rings is 1. The van der Waals surface area contributed by atoms with Crippen molar-refractivity contribution in [1.82, 2.24) is 4.98 Å². The Kier molecular flexibility index (Phi) is 4.13. The second kappa shape index (κ2) is 6.00. The van der Waals surface area contributed by atoms with E-state index in [1.807, 2.05) is 19.1 Å². The Morgan fingerprint density at radius 3 is 2.67 bits per heavy atom. The maximum Gasteiger partial charge on any atom is 0.354 e. The molecule has 7 nitrogen and oxygen atoms in total. The van der Waals surface area contributed by atoms with Crippen LogP contribution in [0.25, 0.3) is 0 Å². The number of carboxylic acids is 1. The van der Waals surface area contributed by atoms with Gasteiger partial charge in [0.05, 0.1) is 4.92 Å². The van der Waals surface area contributed by atoms with Gasteiger partial charge >= 0.3 is 11.7 Å². The van der Waals surface area contributed by atoms with Crippen molar-refractivity contribution in [3.05, 3.63) is 57.8 Å². The fourth-order valence-corrected chi connectivity index (χ4v) is 1.89. The summed E-state index contributed by atoms with van der Waals surface area (Å²) < 4.78 is 0. The fourth-order valence-electron chi connectivity index (χ4n) is 1.89. The monoisotopic (exact) mass is 287 g/mol. The number of carboxylic acid groups (broad SMARTS) is 1. The highest BCUT2D eigenvalue weighted by Gasteiger charge is 2.19. The van der Waals surface area contributed by atoms with Gasteiger partial charge in [-0.3, -0.25) is 10.1 Å². The van der Waals surface area contributed by atoms with Crippen molar-refractivity contribution >= 4 is 23.2 Å². The number of nitrogens with one attached hydrogen (secondary N) is 1. The minimum absolute atomic E-state index is 0.0826. The molecule has 0 aliphatic heterocycles. The third-order valence-corrected chi connectivity index (χ3v) is 2.94. The highest BCUT2D eigenvalue weighted by atomic mass is 16.6. The lowest BCUT2D eigenvalue weighted by Gasteiger charge is -2.10. The molecule has 0 radical (unpaired) electrons. The van der Waals surface area contributed by atoms with Crippen LogP contribution in [0.15, 0.2) is 36.4 Å². The Hall–Kier alpha value is -2.96. The topological polar surface area (TPSA) is 105 Å². The van der Waals surface area contributed by atoms with Gasteiger partial charge in [-0.1, -0.05) is 25.1 Å². The van der Waals surface area contributed by atoms with E-state index in [9.17, 15) is 14.9 Å². The quantitative estimate of drug-likeness (QED) is 0.647. The van der Waals surface area contributed by atoms with Crippen molar-refractivity contribution in [2.75, 3.05) is 5.32 Å². The van der Waals surface area contributed by atoms with E-state index in [0.717, 1.165) is 24.1 Å². The van der Waals surface area contributed by atoms with E-state index < -0.39 is 10.9 Å². The summed E-state index contributed by atoms with van der Waals surface area (Å²) in [7, 11) is 0. The van der Waals surface area contributed by atoms with E-state index in [0.29, 0.717) is 5.69 Å². The summed E-state index contributed by atoms with van der Waals surface area (Å²) in [5, 5.41) is 22.8. The number of aryl methyl sites for hydroxylation is 1. The summed E-state index contributed by atoms with van der Waals surface area (Å²) >= 11 is 0. The van der Waals surface area contributed by atoms with Crippen molar-refractivity contribution in [1.29, 1.82) is 0 Å². The van der Waals surface area contributed by atoms with Crippen molar-refractivity contribution in [3.63, 3.8) is 0 Å². The van der Waals surface area contributed by atoms with Gasteiger partial charge in [0, 0.05) is 11.8 Å². The number of nitro groups is 1. The van der Waals surface area contributed by atoms with Gasteiger partial charge in [0.2, 0.25) is 5.82 Å². The van der Waals surface area contributed by atoms with E-state index in [2.05, 4.69) is 10.3 Å². The molecule has 7 heteroatoms. The van der Waals surface area contributed by atoms with Crippen molar-refractivity contribution < 1.29 is 14.8 Å². The summed E-state index contributed by atoms with van der Waals surface area (Å²) in [4.78, 5) is 25.2. The first-order valence-electron chi connectivity index (χ1n) is 6.26. The maximum atomic E-state index is 11.0. The van der Waals surface area contributed by atoms with E-state index in [1.54, 1.807) is 12.1 Å². The Morgan fingerprint density at radius 1 is 1.33 bits per heavy atom. The fraction of sp³-hybridized carbons (Fsp3) is 0.143. The van der Waals surface area contributed by atoms with Gasteiger partial charge in [-0.15, -0.1) is 0 Å². The normalized spacial score (nSPS) is 10.1. The second-order valence-electron chi connectivity index (χ2n) is 4.26. The molecular formula is C14H13N3O4. The average Bonchev–Trinajstić information content (AvgIpc) is 2.47. The van der Waals surface area contributed by atoms with Gasteiger partial charge < -0.3 is 10.4 Å². The van der Waals surface area contributed by atoms with Crippen LogP contribution in [0.3, 0.4) is 0 Å². The number of hydrogen-bond acceptors (Lipinski definition) is 5. The largest absolute Gasteiger partial charge is 0.477 e. The molecule has 1 heterocycles. The van der Waals surface area contributed by atoms with Gasteiger partial charge in [-0.25, -0.2) is 9.78 Å². The maximum absolute atomic E-state index is 11.0. The molecule has 0 spiro atoms. The van der Waals surface area contributed by atoms with Crippen LogP contribution >= 0.6 is 0 Å². The molecule has 0 amide bonds. The van der Waals surface area contributed by atoms with Crippen LogP contribution in [-0.2, 0) is 6.42 Å². The molecule has 21 heavy (non-hydrogen) atoms. The lowest BCUT2D eigenvalue weighted by molar-refractivity contribution is -0.384. The number of hydrogen-bond donors (Lipinski definition) is 2. The minimum Gasteiger partial charge on any atom is -0.477 e. The molecule has 2 aromatic rings. The van der Waals surface area contributed by atoms with Crippen LogP contribution in [0.4, 0.5) is 17.2 Å². The SMILES string of the molecule is CCc1ccccc1Nc1nc(C(=O)O)ccc1[N+](=O)[O-]. The highest BCUT2D eigenvalue weighted by Crippen LogP contribution is 2.27. The molecule has 0 saturated heterocycles. The first-order chi connectivity index (χ1) is 10.0. The number of anilines is 2. The van der Waals surface area contributed by atoms with Crippen LogP contribution < -0.4 is 5.32 Å². The molecule has 2 rings (SSSR count). The van der Waals surface area contributed by atoms with Gasteiger partial charge in [-0.05, 0) is 24.1 Å². The predicted octanol–water partition coefficient (Wildman–Crippen LogP) is 2.99. The van der Waals surface area contributed by atoms with Gasteiger partial charge in [0.1, 0.15) is 0 Å². The first kappa shape index (κ1) is 14.4. The van der Waals surface area contributed by atoms with Gasteiger partial charge in [-0.2, -0.15) is 0 Å². The van der Waals surface area contributed by atoms with Crippen LogP contribution in [0.5, 0.6) is 0 Å². The van der Waals surface area contributed by atoms with Gasteiger partial charge in [0.15, 0.2) is 5.69 Å². The molecule has 0 atom stereocenters. The first-order valence-corrected chi connectivity index (χ1v) is 6.26. The number of aromatic nitrogens is 1. The standard InChI is InChI=1S/C14H13N3O4/c1-2-9-5-3-4-6-10(9)15-13-12(17(20)21)8-7-11(16-13)14(18)19/h3-8H,2H2,1H3,(H,15,16)(H,18,19). The second-order valence-corrected chi connectivity index (χ2v) is 4.26. The van der Waals surface area contributed by atoms with Crippen molar-refractivity contribution in [2.45, 2.75) is 13.3 Å². The summed E-state index contributed by atoms with van der Waals surface area (Å²) in [6.45, 7) is 1.95. The molecule has 2 N–H and O–H groups in total. The molecule has 0 unspecified atom stereocenters. The molecule has 0 fully saturated rings. The summed E-state index contributed by atoms with van der Waals surface area (Å²) in [5.74, 6) is -1.32. The van der Waals surface area contributed by atoms with Crippen LogP contribution in [-0.4, -0.2) is 21.0 Å². The number of rotatable bonds is 5. The Balaban J connectivity index is 2.48. The molecule has 0 saturated carbocycles. The molecule has 1 aromatic heterocycles. The molecule has 108 valence electrons. The predicted molar refractivity (Wildman–Crippen MR) is 77.0 cm³/mol. The zero-order valence-electron chi connectivity index (χ0n) is 11.2. The van der Waals surface area contributed by atoms with Crippen molar-refractivity contribution in [2.24, 2.45) is 0 Å². The lowest BCUT2D eigenvalue weighted by atomic mass is 10.1. The Bertz CT molecular complexity index is 700. The molecule has 0 aliphatic rings. The van der Waals surface area contributed by atoms with Crippen molar-refractivity contribution in [3.8, 4) is 0 Å². The van der Waals surface area contributed by atoms with Gasteiger partial charge in [0.25, 0.3) is 0 Å². The van der Waals surface area contributed by atoms with Crippen LogP contribution in [0, 0.1) is 10.1 Å².